The number of halogens is 1. The first-order valence-electron chi connectivity index (χ1n) is 6.18. The zero-order valence-electron chi connectivity index (χ0n) is 10.8. The molecule has 0 aliphatic carbocycles. The van der Waals surface area contributed by atoms with E-state index in [2.05, 4.69) is 30.6 Å². The molecule has 0 saturated heterocycles. The summed E-state index contributed by atoms with van der Waals surface area (Å²) in [7, 11) is 0. The quantitative estimate of drug-likeness (QED) is 0.712. The molecular weight excluding hydrogens is 280 g/mol. The highest BCUT2D eigenvalue weighted by Gasteiger charge is 2.26. The summed E-state index contributed by atoms with van der Waals surface area (Å²) >= 11 is 5.84. The Morgan fingerprint density at radius 1 is 1.50 bits per heavy atom. The molecule has 1 aliphatic rings. The van der Waals surface area contributed by atoms with E-state index >= 15 is 0 Å². The van der Waals surface area contributed by atoms with Crippen molar-refractivity contribution in [2.45, 2.75) is 25.9 Å². The van der Waals surface area contributed by atoms with Crippen molar-refractivity contribution in [1.29, 1.82) is 0 Å². The van der Waals surface area contributed by atoms with Crippen molar-refractivity contribution >= 4 is 23.5 Å². The van der Waals surface area contributed by atoms with Crippen molar-refractivity contribution in [2.75, 3.05) is 5.32 Å². The van der Waals surface area contributed by atoms with Crippen molar-refractivity contribution in [3.8, 4) is 0 Å². The van der Waals surface area contributed by atoms with E-state index in [9.17, 15) is 4.79 Å². The fourth-order valence-electron chi connectivity index (χ4n) is 2.14. The van der Waals surface area contributed by atoms with E-state index in [-0.39, 0.29) is 17.9 Å². The third kappa shape index (κ3) is 2.63. The topological polar surface area (TPSA) is 95.6 Å². The number of aromatic amines is 1. The molecule has 0 aromatic carbocycles. The Hall–Kier alpha value is -1.99. The van der Waals surface area contributed by atoms with Gasteiger partial charge in [0, 0.05) is 18.7 Å². The van der Waals surface area contributed by atoms with Gasteiger partial charge in [0.05, 0.1) is 23.8 Å². The van der Waals surface area contributed by atoms with E-state index in [0.29, 0.717) is 23.8 Å². The fraction of sp³-hybridized carbons (Fsp3) is 0.333. The lowest BCUT2D eigenvalue weighted by atomic mass is 10.1. The lowest BCUT2D eigenvalue weighted by Crippen LogP contribution is -2.45. The van der Waals surface area contributed by atoms with Gasteiger partial charge in [0.1, 0.15) is 5.15 Å². The summed E-state index contributed by atoms with van der Waals surface area (Å²) in [6, 6.07) is 1.28. The number of aromatic nitrogens is 4. The second kappa shape index (κ2) is 5.18. The van der Waals surface area contributed by atoms with Gasteiger partial charge in [-0.25, -0.2) is 15.0 Å². The first-order valence-corrected chi connectivity index (χ1v) is 6.56. The Morgan fingerprint density at radius 2 is 2.35 bits per heavy atom. The molecule has 0 fully saturated rings. The van der Waals surface area contributed by atoms with Gasteiger partial charge in [-0.2, -0.15) is 0 Å². The summed E-state index contributed by atoms with van der Waals surface area (Å²) in [5.41, 5.74) is 2.63. The second-order valence-electron chi connectivity index (χ2n) is 4.61. The Kier molecular flexibility index (Phi) is 3.37. The maximum Gasteiger partial charge on any atom is 0.244 e. The van der Waals surface area contributed by atoms with Crippen LogP contribution in [0.5, 0.6) is 0 Å². The number of anilines is 1. The summed E-state index contributed by atoms with van der Waals surface area (Å²) in [5.74, 6) is 0.0231. The molecule has 0 spiro atoms. The van der Waals surface area contributed by atoms with Gasteiger partial charge in [0.15, 0.2) is 0 Å². The Balaban J connectivity index is 1.71. The number of rotatable bonds is 2. The smallest absolute Gasteiger partial charge is 0.244 e. The van der Waals surface area contributed by atoms with E-state index < -0.39 is 0 Å². The van der Waals surface area contributed by atoms with Gasteiger partial charge in [0.25, 0.3) is 0 Å². The molecule has 104 valence electrons. The molecule has 8 heteroatoms. The molecule has 2 aromatic rings. The summed E-state index contributed by atoms with van der Waals surface area (Å²) < 4.78 is 0. The van der Waals surface area contributed by atoms with Gasteiger partial charge in [-0.3, -0.25) is 15.4 Å². The van der Waals surface area contributed by atoms with E-state index in [1.165, 1.54) is 0 Å². The normalized spacial score (nSPS) is 17.6. The molecule has 3 rings (SSSR count). The number of H-pyrrole nitrogens is 1. The molecule has 1 amide bonds. The molecule has 0 bridgehead atoms. The Bertz CT molecular complexity index is 635. The first-order chi connectivity index (χ1) is 9.61. The van der Waals surface area contributed by atoms with E-state index in [4.69, 9.17) is 11.6 Å². The molecule has 2 aromatic heterocycles. The predicted octanol–water partition coefficient (Wildman–Crippen LogP) is 0.815. The second-order valence-corrected chi connectivity index (χ2v) is 5.00. The summed E-state index contributed by atoms with van der Waals surface area (Å²) in [6.07, 6.45) is 2.17. The summed E-state index contributed by atoms with van der Waals surface area (Å²) in [6.45, 7) is 2.38. The maximum absolute atomic E-state index is 12.2. The minimum Gasteiger partial charge on any atom is -0.347 e. The highest BCUT2D eigenvalue weighted by molar-refractivity contribution is 6.29. The molecule has 7 nitrogen and oxygen atoms in total. The van der Waals surface area contributed by atoms with Crippen molar-refractivity contribution in [2.24, 2.45) is 0 Å². The molecule has 20 heavy (non-hydrogen) atoms. The van der Waals surface area contributed by atoms with E-state index in [0.717, 1.165) is 11.4 Å². The number of imidazole rings is 1. The summed E-state index contributed by atoms with van der Waals surface area (Å²) in [5, 5.41) is 6.11. The van der Waals surface area contributed by atoms with Crippen LogP contribution in [0.15, 0.2) is 12.4 Å². The number of nitrogens with zero attached hydrogens (tertiary/aromatic N) is 3. The monoisotopic (exact) mass is 292 g/mol. The maximum atomic E-state index is 12.2. The number of carbonyl (C=O) groups excluding carboxylic acids is 1. The van der Waals surface area contributed by atoms with Gasteiger partial charge in [-0.05, 0) is 13.0 Å². The molecule has 0 saturated carbocycles. The molecule has 1 unspecified atom stereocenters. The molecule has 3 heterocycles. The van der Waals surface area contributed by atoms with Crippen molar-refractivity contribution in [3.63, 3.8) is 0 Å². The van der Waals surface area contributed by atoms with Crippen LogP contribution in [0.2, 0.25) is 5.15 Å². The average molecular weight is 293 g/mol. The first kappa shape index (κ1) is 13.0. The average Bonchev–Trinajstić information content (AvgIpc) is 2.84. The van der Waals surface area contributed by atoms with Gasteiger partial charge in [-0.1, -0.05) is 11.6 Å². The predicted molar refractivity (Wildman–Crippen MR) is 73.3 cm³/mol. The lowest BCUT2D eigenvalue weighted by Gasteiger charge is -2.21. The largest absolute Gasteiger partial charge is 0.347 e. The van der Waals surface area contributed by atoms with Crippen LogP contribution in [0.25, 0.3) is 0 Å². The van der Waals surface area contributed by atoms with Crippen molar-refractivity contribution in [1.82, 2.24) is 25.3 Å². The zero-order valence-corrected chi connectivity index (χ0v) is 11.5. The number of hydrogen-bond donors (Lipinski definition) is 3. The third-order valence-electron chi connectivity index (χ3n) is 3.10. The highest BCUT2D eigenvalue weighted by atomic mass is 35.5. The van der Waals surface area contributed by atoms with E-state index in [1.807, 2.05) is 0 Å². The molecule has 3 N–H and O–H groups in total. The van der Waals surface area contributed by atoms with Gasteiger partial charge in [-0.15, -0.1) is 0 Å². The Morgan fingerprint density at radius 3 is 3.15 bits per heavy atom. The third-order valence-corrected chi connectivity index (χ3v) is 3.30. The minimum absolute atomic E-state index is 0.194. The Labute approximate surface area is 120 Å². The number of amides is 1. The number of hydrogen-bond acceptors (Lipinski definition) is 5. The van der Waals surface area contributed by atoms with Crippen LogP contribution in [0.1, 0.15) is 17.1 Å². The van der Waals surface area contributed by atoms with Crippen LogP contribution in [0.3, 0.4) is 0 Å². The van der Waals surface area contributed by atoms with Crippen LogP contribution in [0.4, 0.5) is 5.95 Å². The van der Waals surface area contributed by atoms with Gasteiger partial charge in [0.2, 0.25) is 11.9 Å². The summed E-state index contributed by atoms with van der Waals surface area (Å²) in [4.78, 5) is 27.5. The zero-order chi connectivity index (χ0) is 14.1. The van der Waals surface area contributed by atoms with Crippen molar-refractivity contribution < 1.29 is 4.79 Å². The molecule has 1 atom stereocenters. The minimum atomic E-state index is -0.353. The standard InChI is InChI=1S/C12H13ClN6O/c1-6-2-10(13)18-12(17-6)19-11(20)8-3-7-9(4-14-8)16-5-15-7/h2,5,8,14H,3-4H2,1H3,(H,15,16)(H,17,18,19,20). The number of nitrogens with one attached hydrogen (secondary N) is 3. The van der Waals surface area contributed by atoms with Gasteiger partial charge < -0.3 is 4.98 Å². The number of carbonyl (C=O) groups is 1. The van der Waals surface area contributed by atoms with Crippen LogP contribution in [-0.4, -0.2) is 31.9 Å². The molecule has 0 radical (unpaired) electrons. The number of aryl methyl sites for hydroxylation is 1. The fourth-order valence-corrected chi connectivity index (χ4v) is 2.38. The molecular formula is C12H13ClN6O. The highest BCUT2D eigenvalue weighted by Crippen LogP contribution is 2.14. The number of fused-ring (bicyclic) bond motifs is 1. The van der Waals surface area contributed by atoms with Crippen molar-refractivity contribution in [3.05, 3.63) is 34.6 Å². The van der Waals surface area contributed by atoms with Crippen LogP contribution in [0, 0.1) is 6.92 Å². The van der Waals surface area contributed by atoms with E-state index in [1.54, 1.807) is 19.3 Å². The molecule has 1 aliphatic heterocycles. The lowest BCUT2D eigenvalue weighted by molar-refractivity contribution is -0.118. The van der Waals surface area contributed by atoms with Crippen LogP contribution < -0.4 is 10.6 Å². The van der Waals surface area contributed by atoms with Gasteiger partial charge >= 0.3 is 0 Å². The van der Waals surface area contributed by atoms with Crippen LogP contribution in [-0.2, 0) is 17.8 Å². The van der Waals surface area contributed by atoms with Crippen LogP contribution >= 0.6 is 11.6 Å². The SMILES string of the molecule is Cc1cc(Cl)nc(NC(=O)C2Cc3nc[nH]c3CN2)n1.